The standard InChI is InChI=1S/C13H21FN2O.ClH/c1-13(2,8-15)9-16(3)7-10-4-11(14)6-12(17)5-10;/h4-6,17H,7-9,15H2,1-3H3;1H. The summed E-state index contributed by atoms with van der Waals surface area (Å²) >= 11 is 0. The predicted molar refractivity (Wildman–Crippen MR) is 74.5 cm³/mol. The third kappa shape index (κ3) is 5.67. The summed E-state index contributed by atoms with van der Waals surface area (Å²) in [6, 6.07) is 4.12. The number of benzene rings is 1. The number of nitrogens with two attached hydrogens (primary N) is 1. The van der Waals surface area contributed by atoms with Gasteiger partial charge in [-0.15, -0.1) is 12.4 Å². The van der Waals surface area contributed by atoms with Gasteiger partial charge in [-0.1, -0.05) is 13.8 Å². The molecule has 3 N–H and O–H groups in total. The molecular formula is C13H22ClFN2O. The second-order valence-electron chi connectivity index (χ2n) is 5.36. The van der Waals surface area contributed by atoms with Crippen molar-refractivity contribution in [2.45, 2.75) is 20.4 Å². The summed E-state index contributed by atoms with van der Waals surface area (Å²) in [7, 11) is 1.96. The second-order valence-corrected chi connectivity index (χ2v) is 5.36. The minimum atomic E-state index is -0.411. The van der Waals surface area contributed by atoms with Gasteiger partial charge >= 0.3 is 0 Å². The van der Waals surface area contributed by atoms with E-state index in [2.05, 4.69) is 18.7 Å². The van der Waals surface area contributed by atoms with E-state index in [0.717, 1.165) is 18.2 Å². The molecular weight excluding hydrogens is 255 g/mol. The largest absolute Gasteiger partial charge is 0.508 e. The second kappa shape index (κ2) is 6.92. The molecule has 0 aliphatic heterocycles. The molecule has 0 aliphatic rings. The normalized spacial score (nSPS) is 11.4. The van der Waals surface area contributed by atoms with E-state index in [1.165, 1.54) is 6.07 Å². The Labute approximate surface area is 114 Å². The molecule has 0 spiro atoms. The third-order valence-corrected chi connectivity index (χ3v) is 2.65. The van der Waals surface area contributed by atoms with Crippen LogP contribution in [0.2, 0.25) is 0 Å². The van der Waals surface area contributed by atoms with Crippen LogP contribution >= 0.6 is 12.4 Å². The third-order valence-electron chi connectivity index (χ3n) is 2.65. The maximum atomic E-state index is 13.1. The van der Waals surface area contributed by atoms with E-state index in [1.807, 2.05) is 7.05 Å². The number of phenols is 1. The molecule has 0 heterocycles. The lowest BCUT2D eigenvalue weighted by molar-refractivity contribution is 0.209. The summed E-state index contributed by atoms with van der Waals surface area (Å²) in [6.45, 7) is 6.19. The van der Waals surface area contributed by atoms with Gasteiger partial charge in [-0.25, -0.2) is 4.39 Å². The van der Waals surface area contributed by atoms with Gasteiger partial charge in [0.25, 0.3) is 0 Å². The Kier molecular flexibility index (Phi) is 6.60. The van der Waals surface area contributed by atoms with Crippen LogP contribution in [-0.4, -0.2) is 30.1 Å². The minimum Gasteiger partial charge on any atom is -0.508 e. The zero-order valence-corrected chi connectivity index (χ0v) is 11.9. The predicted octanol–water partition coefficient (Wildman–Crippen LogP) is 2.37. The van der Waals surface area contributed by atoms with Gasteiger partial charge in [0.1, 0.15) is 11.6 Å². The first-order chi connectivity index (χ1) is 7.82. The molecule has 0 aromatic heterocycles. The lowest BCUT2D eigenvalue weighted by Crippen LogP contribution is -2.36. The quantitative estimate of drug-likeness (QED) is 0.868. The van der Waals surface area contributed by atoms with E-state index in [4.69, 9.17) is 5.73 Å². The van der Waals surface area contributed by atoms with E-state index in [-0.39, 0.29) is 23.6 Å². The molecule has 3 nitrogen and oxygen atoms in total. The number of hydrogen-bond donors (Lipinski definition) is 2. The van der Waals surface area contributed by atoms with Crippen molar-refractivity contribution < 1.29 is 9.50 Å². The van der Waals surface area contributed by atoms with Gasteiger partial charge < -0.3 is 15.7 Å². The van der Waals surface area contributed by atoms with Gasteiger partial charge in [0, 0.05) is 19.2 Å². The van der Waals surface area contributed by atoms with Crippen LogP contribution in [0.5, 0.6) is 5.75 Å². The highest BCUT2D eigenvalue weighted by molar-refractivity contribution is 5.85. The Hall–Kier alpha value is -0.840. The summed E-state index contributed by atoms with van der Waals surface area (Å²) < 4.78 is 13.1. The minimum absolute atomic E-state index is 0. The number of nitrogens with zero attached hydrogens (tertiary/aromatic N) is 1. The lowest BCUT2D eigenvalue weighted by atomic mass is 9.93. The first-order valence-corrected chi connectivity index (χ1v) is 5.69. The zero-order chi connectivity index (χ0) is 13.1. The topological polar surface area (TPSA) is 49.5 Å². The van der Waals surface area contributed by atoms with Gasteiger partial charge in [-0.3, -0.25) is 0 Å². The molecule has 1 rings (SSSR count). The molecule has 104 valence electrons. The fraction of sp³-hybridized carbons (Fsp3) is 0.538. The smallest absolute Gasteiger partial charge is 0.127 e. The number of hydrogen-bond acceptors (Lipinski definition) is 3. The van der Waals surface area contributed by atoms with Crippen molar-refractivity contribution in [2.75, 3.05) is 20.1 Å². The monoisotopic (exact) mass is 276 g/mol. The molecule has 0 bridgehead atoms. The van der Waals surface area contributed by atoms with Gasteiger partial charge in [0.2, 0.25) is 0 Å². The summed E-state index contributed by atoms with van der Waals surface area (Å²) in [6.07, 6.45) is 0. The first-order valence-electron chi connectivity index (χ1n) is 5.69. The van der Waals surface area contributed by atoms with Gasteiger partial charge in [0.05, 0.1) is 0 Å². The lowest BCUT2D eigenvalue weighted by Gasteiger charge is -2.29. The average molecular weight is 277 g/mol. The van der Waals surface area contributed by atoms with Crippen molar-refractivity contribution in [1.82, 2.24) is 4.90 Å². The van der Waals surface area contributed by atoms with Crippen molar-refractivity contribution in [3.63, 3.8) is 0 Å². The van der Waals surface area contributed by atoms with Crippen molar-refractivity contribution in [1.29, 1.82) is 0 Å². The molecule has 0 saturated carbocycles. The Morgan fingerprint density at radius 2 is 1.94 bits per heavy atom. The van der Waals surface area contributed by atoms with Crippen LogP contribution in [0, 0.1) is 11.2 Å². The summed E-state index contributed by atoms with van der Waals surface area (Å²) in [5, 5.41) is 9.31. The van der Waals surface area contributed by atoms with Crippen LogP contribution in [0.25, 0.3) is 0 Å². The highest BCUT2D eigenvalue weighted by Gasteiger charge is 2.18. The van der Waals surface area contributed by atoms with E-state index in [9.17, 15) is 9.50 Å². The van der Waals surface area contributed by atoms with Gasteiger partial charge in [-0.05, 0) is 36.7 Å². The number of rotatable bonds is 5. The Balaban J connectivity index is 0.00000289. The molecule has 1 aromatic rings. The molecule has 1 aromatic carbocycles. The fourth-order valence-corrected chi connectivity index (χ4v) is 1.89. The summed E-state index contributed by atoms with van der Waals surface area (Å²) in [5.41, 5.74) is 6.46. The van der Waals surface area contributed by atoms with E-state index in [0.29, 0.717) is 13.1 Å². The average Bonchev–Trinajstić information content (AvgIpc) is 2.14. The maximum Gasteiger partial charge on any atom is 0.127 e. The molecule has 0 fully saturated rings. The van der Waals surface area contributed by atoms with E-state index >= 15 is 0 Å². The summed E-state index contributed by atoms with van der Waals surface area (Å²) in [4.78, 5) is 2.07. The van der Waals surface area contributed by atoms with Crippen LogP contribution < -0.4 is 5.73 Å². The SMILES string of the molecule is CN(Cc1cc(O)cc(F)c1)CC(C)(C)CN.Cl. The molecule has 0 unspecified atom stereocenters. The molecule has 0 radical (unpaired) electrons. The van der Waals surface area contributed by atoms with Crippen LogP contribution in [0.15, 0.2) is 18.2 Å². The highest BCUT2D eigenvalue weighted by Crippen LogP contribution is 2.18. The first kappa shape index (κ1) is 17.2. The van der Waals surface area contributed by atoms with Gasteiger partial charge in [-0.2, -0.15) is 0 Å². The number of phenolic OH excluding ortho intramolecular Hbond substituents is 1. The van der Waals surface area contributed by atoms with Crippen LogP contribution in [-0.2, 0) is 6.54 Å². The van der Waals surface area contributed by atoms with Crippen LogP contribution in [0.4, 0.5) is 4.39 Å². The summed E-state index contributed by atoms with van der Waals surface area (Å²) in [5.74, 6) is -0.446. The maximum absolute atomic E-state index is 13.1. The van der Waals surface area contributed by atoms with Crippen LogP contribution in [0.1, 0.15) is 19.4 Å². The van der Waals surface area contributed by atoms with E-state index < -0.39 is 5.82 Å². The highest BCUT2D eigenvalue weighted by atomic mass is 35.5. The van der Waals surface area contributed by atoms with Crippen molar-refractivity contribution in [3.05, 3.63) is 29.6 Å². The molecule has 0 atom stereocenters. The molecule has 0 amide bonds. The van der Waals surface area contributed by atoms with Crippen molar-refractivity contribution in [2.24, 2.45) is 11.1 Å². The van der Waals surface area contributed by atoms with Gasteiger partial charge in [0.15, 0.2) is 0 Å². The molecule has 5 heteroatoms. The molecule has 18 heavy (non-hydrogen) atoms. The number of aromatic hydroxyl groups is 1. The van der Waals surface area contributed by atoms with Crippen molar-refractivity contribution >= 4 is 12.4 Å². The Morgan fingerprint density at radius 1 is 1.33 bits per heavy atom. The Morgan fingerprint density at radius 3 is 2.44 bits per heavy atom. The Bertz CT molecular complexity index is 365. The van der Waals surface area contributed by atoms with Crippen molar-refractivity contribution in [3.8, 4) is 5.75 Å². The number of halogens is 2. The van der Waals surface area contributed by atoms with Crippen LogP contribution in [0.3, 0.4) is 0 Å². The van der Waals surface area contributed by atoms with E-state index in [1.54, 1.807) is 6.07 Å². The fourth-order valence-electron chi connectivity index (χ4n) is 1.89. The molecule has 0 aliphatic carbocycles. The zero-order valence-electron chi connectivity index (χ0n) is 11.1. The molecule has 0 saturated heterocycles.